The third-order valence-corrected chi connectivity index (χ3v) is 8.01. The fourth-order valence-electron chi connectivity index (χ4n) is 4.52. The van der Waals surface area contributed by atoms with E-state index in [-0.39, 0.29) is 87.9 Å². The number of quaternary nitrogens is 1. The Morgan fingerprint density at radius 1 is 0.500 bits per heavy atom. The number of aliphatic imine (C=N–C) groups is 4. The van der Waals surface area contributed by atoms with Gasteiger partial charge in [0.25, 0.3) is 0 Å². The molecule has 2 aromatic heterocycles. The average Bonchev–Trinajstić information content (AvgIpc) is 3.06. The summed E-state index contributed by atoms with van der Waals surface area (Å²) in [5.41, 5.74) is 0.303. The normalized spacial score (nSPS) is 15.3. The van der Waals surface area contributed by atoms with Crippen molar-refractivity contribution in [2.75, 3.05) is 92.6 Å². The SMILES string of the molecule is CC[N+](CC)(CC)CC.CN1CCN=C([O-])c2cccc(n2)C([O-])=NCCN(C)CCN=C([O-])c2cccc(n2)C([O-])=NCC1.O.O.O.O.[Fe+3]. The Bertz CT molecular complexity index is 1140. The Kier molecular flexibility index (Phi) is 30.0. The van der Waals surface area contributed by atoms with E-state index in [4.69, 9.17) is 0 Å². The second-order valence-electron chi connectivity index (χ2n) is 10.8. The first-order chi connectivity index (χ1) is 21.6. The van der Waals surface area contributed by atoms with Gasteiger partial charge in [0.15, 0.2) is 0 Å². The van der Waals surface area contributed by atoms with Crippen LogP contribution in [0.25, 0.3) is 0 Å². The van der Waals surface area contributed by atoms with Crippen molar-refractivity contribution in [3.05, 3.63) is 59.2 Å². The van der Waals surface area contributed by atoms with Crippen LogP contribution in [0.4, 0.5) is 0 Å². The third kappa shape index (κ3) is 17.9. The largest absolute Gasteiger partial charge is 3.00 e. The van der Waals surface area contributed by atoms with Crippen LogP contribution in [0, 0.1) is 0 Å². The second kappa shape index (κ2) is 28.2. The Hall–Kier alpha value is -3.58. The van der Waals surface area contributed by atoms with E-state index in [1.807, 2.05) is 23.9 Å². The molecule has 0 saturated heterocycles. The van der Waals surface area contributed by atoms with Crippen LogP contribution < -0.4 is 20.4 Å². The van der Waals surface area contributed by atoms with Crippen LogP contribution in [0.2, 0.25) is 0 Å². The van der Waals surface area contributed by atoms with Crippen LogP contribution in [0.5, 0.6) is 0 Å². The number of hydrogen-bond donors (Lipinski definition) is 0. The van der Waals surface area contributed by atoms with Crippen molar-refractivity contribution in [3.63, 3.8) is 0 Å². The van der Waals surface area contributed by atoms with E-state index >= 15 is 0 Å². The van der Waals surface area contributed by atoms with Gasteiger partial charge in [0.2, 0.25) is 0 Å². The predicted molar refractivity (Wildman–Crippen MR) is 186 cm³/mol. The summed E-state index contributed by atoms with van der Waals surface area (Å²) in [6.45, 7) is 16.9. The van der Waals surface area contributed by atoms with Gasteiger partial charge in [-0.25, -0.2) is 9.97 Å². The summed E-state index contributed by atoms with van der Waals surface area (Å²) < 4.78 is 1.28. The molecule has 50 heavy (non-hydrogen) atoms. The molecule has 3 rings (SSSR count). The molecule has 0 aromatic carbocycles. The first kappa shape index (κ1) is 53.2. The quantitative estimate of drug-likeness (QED) is 0.215. The molecule has 0 saturated carbocycles. The Balaban J connectivity index is -0.000000669. The number of aromatic nitrogens is 2. The zero-order valence-corrected chi connectivity index (χ0v) is 31.1. The molecule has 4 bridgehead atoms. The molecule has 17 nitrogen and oxygen atoms in total. The standard InChI is InChI=1S/C24H32N8O4.C8H20N.Fe.4H2O/c1-31-13-9-25-21(33)17-5-3-7-19(29-17)23(35)27-11-15-32(2)16-12-28-24(36)20-8-4-6-18(30-20)22(34)26-10-14-31;1-5-9(6-2,7-3)8-4;;;;;/h3-8H,9-16H2,1-2H3,(H,25,33)(H,26,34)(H,27,35)(H,28,36);5-8H2,1-4H3;;4*1H2/q;+1;+3;;;;/p-4. The molecule has 1 radical (unpaired) electrons. The van der Waals surface area contributed by atoms with Gasteiger partial charge in [0, 0.05) is 49.8 Å². The van der Waals surface area contributed by atoms with Crippen LogP contribution in [-0.2, 0) is 17.1 Å². The van der Waals surface area contributed by atoms with E-state index in [9.17, 15) is 20.4 Å². The predicted octanol–water partition coefficient (Wildman–Crippen LogP) is -4.94. The molecular formula is C32H56FeN9O8. The monoisotopic (exact) mass is 750 g/mol. The fraction of sp³-hybridized carbons (Fsp3) is 0.562. The number of fused-ring (bicyclic) bond motifs is 4. The summed E-state index contributed by atoms with van der Waals surface area (Å²) in [4.78, 5) is 28.0. The number of pyridine rings is 2. The smallest absolute Gasteiger partial charge is 0.857 e. The first-order valence-electron chi connectivity index (χ1n) is 15.6. The Morgan fingerprint density at radius 3 is 0.900 bits per heavy atom. The Morgan fingerprint density at radius 2 is 0.720 bits per heavy atom. The van der Waals surface area contributed by atoms with E-state index in [2.05, 4.69) is 57.6 Å². The topological polar surface area (TPSA) is 300 Å². The van der Waals surface area contributed by atoms with Crippen molar-refractivity contribution in [1.82, 2.24) is 19.8 Å². The van der Waals surface area contributed by atoms with Crippen molar-refractivity contribution in [3.8, 4) is 0 Å². The van der Waals surface area contributed by atoms with Gasteiger partial charge in [-0.05, 0) is 66.1 Å². The van der Waals surface area contributed by atoms with Crippen molar-refractivity contribution in [2.45, 2.75) is 27.7 Å². The van der Waals surface area contributed by atoms with Crippen molar-refractivity contribution in [1.29, 1.82) is 0 Å². The summed E-state index contributed by atoms with van der Waals surface area (Å²) in [7, 11) is 3.64. The number of hydrogen-bond acceptors (Lipinski definition) is 12. The van der Waals surface area contributed by atoms with Crippen LogP contribution in [0.3, 0.4) is 0 Å². The van der Waals surface area contributed by atoms with Gasteiger partial charge in [-0.3, -0.25) is 20.0 Å². The van der Waals surface area contributed by atoms with E-state index in [0.29, 0.717) is 26.2 Å². The Labute approximate surface area is 306 Å². The summed E-state index contributed by atoms with van der Waals surface area (Å²) >= 11 is 0. The molecule has 1 aliphatic rings. The molecule has 0 aliphatic carbocycles. The minimum atomic E-state index is -0.517. The molecule has 0 unspecified atom stereocenters. The number of rotatable bonds is 4. The molecule has 0 atom stereocenters. The van der Waals surface area contributed by atoms with Gasteiger partial charge < -0.3 is 56.6 Å². The molecular weight excluding hydrogens is 694 g/mol. The maximum Gasteiger partial charge on any atom is 3.00 e. The van der Waals surface area contributed by atoms with Gasteiger partial charge in [0.05, 0.1) is 75.1 Å². The number of nitrogens with zero attached hydrogens (tertiary/aromatic N) is 9. The fourth-order valence-corrected chi connectivity index (χ4v) is 4.52. The van der Waals surface area contributed by atoms with Gasteiger partial charge in [-0.15, -0.1) is 0 Å². The molecule has 3 heterocycles. The van der Waals surface area contributed by atoms with Crippen molar-refractivity contribution < 1.29 is 63.9 Å². The summed E-state index contributed by atoms with van der Waals surface area (Å²) in [5.74, 6) is -2.07. The molecule has 2 aromatic rings. The van der Waals surface area contributed by atoms with Crippen molar-refractivity contribution >= 4 is 23.6 Å². The van der Waals surface area contributed by atoms with E-state index in [1.165, 1.54) is 54.9 Å². The van der Waals surface area contributed by atoms with Gasteiger partial charge >= 0.3 is 17.1 Å². The van der Waals surface area contributed by atoms with Crippen LogP contribution in [0.15, 0.2) is 56.4 Å². The molecule has 285 valence electrons. The molecule has 0 fully saturated rings. The third-order valence-electron chi connectivity index (χ3n) is 8.01. The molecule has 8 N–H and O–H groups in total. The summed E-state index contributed by atoms with van der Waals surface area (Å²) in [5, 5.41) is 49.6. The first-order valence-corrected chi connectivity index (χ1v) is 15.6. The van der Waals surface area contributed by atoms with Crippen LogP contribution >= 0.6 is 0 Å². The second-order valence-corrected chi connectivity index (χ2v) is 10.8. The molecule has 0 amide bonds. The number of likely N-dealkylation sites (N-methyl/N-ethyl adjacent to an activating group) is 2. The minimum Gasteiger partial charge on any atom is -0.857 e. The maximum absolute atomic E-state index is 12.4. The molecule has 18 heteroatoms. The van der Waals surface area contributed by atoms with Crippen LogP contribution in [-0.4, -0.2) is 162 Å². The minimum absolute atomic E-state index is 0. The zero-order valence-electron chi connectivity index (χ0n) is 30.0. The molecule has 0 spiro atoms. The zero-order chi connectivity index (χ0) is 33.2. The van der Waals surface area contributed by atoms with Gasteiger partial charge in [-0.2, -0.15) is 0 Å². The average molecular weight is 751 g/mol. The maximum atomic E-state index is 12.4. The van der Waals surface area contributed by atoms with Crippen molar-refractivity contribution in [2.24, 2.45) is 20.0 Å². The van der Waals surface area contributed by atoms with Crippen LogP contribution in [0.1, 0.15) is 50.5 Å². The summed E-state index contributed by atoms with van der Waals surface area (Å²) in [6.07, 6.45) is 0. The van der Waals surface area contributed by atoms with E-state index in [1.54, 1.807) is 12.1 Å². The van der Waals surface area contributed by atoms with Gasteiger partial charge in [-0.1, -0.05) is 12.1 Å². The van der Waals surface area contributed by atoms with E-state index in [0.717, 1.165) is 0 Å². The van der Waals surface area contributed by atoms with E-state index < -0.39 is 23.6 Å². The molecule has 1 aliphatic heterocycles. The summed E-state index contributed by atoms with van der Waals surface area (Å²) in [6, 6.07) is 9.15. The van der Waals surface area contributed by atoms with Gasteiger partial charge in [0.1, 0.15) is 0 Å².